The fraction of sp³-hybridized carbons (Fsp3) is 0.125. The summed E-state index contributed by atoms with van der Waals surface area (Å²) in [6.45, 7) is 4.01. The van der Waals surface area contributed by atoms with Crippen molar-refractivity contribution in [1.82, 2.24) is 4.98 Å². The van der Waals surface area contributed by atoms with Crippen LogP contribution in [0.25, 0.3) is 22.0 Å². The van der Waals surface area contributed by atoms with Crippen molar-refractivity contribution in [3.8, 4) is 17.0 Å². The molecular weight excluding hydrogens is 392 g/mol. The zero-order valence-corrected chi connectivity index (χ0v) is 17.7. The van der Waals surface area contributed by atoms with Crippen molar-refractivity contribution >= 4 is 40.5 Å². The lowest BCUT2D eigenvalue weighted by Crippen LogP contribution is -2.05. The first kappa shape index (κ1) is 19.9. The lowest BCUT2D eigenvalue weighted by atomic mass is 10.1. The van der Waals surface area contributed by atoms with Crippen LogP contribution in [0.3, 0.4) is 0 Å². The Morgan fingerprint density at radius 3 is 2.33 bits per heavy atom. The van der Waals surface area contributed by atoms with Gasteiger partial charge in [-0.15, -0.1) is 22.9 Å². The van der Waals surface area contributed by atoms with Crippen molar-refractivity contribution in [1.29, 1.82) is 0 Å². The van der Waals surface area contributed by atoms with Crippen LogP contribution in [0.1, 0.15) is 13.8 Å². The summed E-state index contributed by atoms with van der Waals surface area (Å²) in [5.74, 6) is 0.843. The summed E-state index contributed by atoms with van der Waals surface area (Å²) in [5.41, 5.74) is 9.96. The zero-order chi connectivity index (χ0) is 21.1. The van der Waals surface area contributed by atoms with Gasteiger partial charge in [0.05, 0.1) is 23.7 Å². The molecule has 0 spiro atoms. The molecule has 30 heavy (non-hydrogen) atoms. The Morgan fingerprint density at radius 1 is 0.933 bits per heavy atom. The summed E-state index contributed by atoms with van der Waals surface area (Å²) in [7, 11) is 0. The number of nitrogens with zero attached hydrogens (tertiary/aromatic N) is 3. The number of rotatable bonds is 5. The van der Waals surface area contributed by atoms with Crippen LogP contribution in [0.5, 0.6) is 5.75 Å². The molecule has 4 rings (SSSR count). The van der Waals surface area contributed by atoms with Gasteiger partial charge in [-0.05, 0) is 61.7 Å². The van der Waals surface area contributed by atoms with Gasteiger partial charge in [-0.2, -0.15) is 0 Å². The summed E-state index contributed by atoms with van der Waals surface area (Å²) < 4.78 is 5.68. The lowest BCUT2D eigenvalue weighted by molar-refractivity contribution is 0.242. The maximum Gasteiger partial charge on any atom is 0.119 e. The van der Waals surface area contributed by atoms with Crippen LogP contribution in [-0.4, -0.2) is 11.1 Å². The number of pyridine rings is 1. The Kier molecular flexibility index (Phi) is 5.68. The SMILES string of the molecule is CC(C)Oc1ccc(-c2ccc(/N=N/c3cc(S)c4ccccc4c3N)cn2)cc1. The van der Waals surface area contributed by atoms with Gasteiger partial charge in [-0.1, -0.05) is 24.3 Å². The molecule has 4 aromatic rings. The van der Waals surface area contributed by atoms with E-state index in [1.54, 1.807) is 6.20 Å². The Bertz CT molecular complexity index is 1200. The fourth-order valence-corrected chi connectivity index (χ4v) is 3.47. The Balaban J connectivity index is 1.55. The van der Waals surface area contributed by atoms with Gasteiger partial charge in [0.1, 0.15) is 17.1 Å². The van der Waals surface area contributed by atoms with E-state index >= 15 is 0 Å². The minimum absolute atomic E-state index is 0.147. The molecule has 5 nitrogen and oxygen atoms in total. The Labute approximate surface area is 181 Å². The number of anilines is 1. The molecule has 0 fully saturated rings. The maximum atomic E-state index is 6.28. The molecule has 3 aromatic carbocycles. The fourth-order valence-electron chi connectivity index (χ4n) is 3.15. The first-order valence-corrected chi connectivity index (χ1v) is 10.1. The van der Waals surface area contributed by atoms with Crippen LogP contribution < -0.4 is 10.5 Å². The number of ether oxygens (including phenoxy) is 1. The third-order valence-corrected chi connectivity index (χ3v) is 4.96. The first-order chi connectivity index (χ1) is 14.5. The molecule has 2 N–H and O–H groups in total. The summed E-state index contributed by atoms with van der Waals surface area (Å²) >= 11 is 4.55. The summed E-state index contributed by atoms with van der Waals surface area (Å²) in [6.07, 6.45) is 1.84. The van der Waals surface area contributed by atoms with Gasteiger partial charge in [-0.25, -0.2) is 0 Å². The van der Waals surface area contributed by atoms with Crippen molar-refractivity contribution in [3.63, 3.8) is 0 Å². The number of benzene rings is 3. The molecule has 0 saturated heterocycles. The number of aromatic nitrogens is 1. The molecular formula is C24H22N4OS. The molecule has 0 aliphatic carbocycles. The second-order valence-corrected chi connectivity index (χ2v) is 7.65. The van der Waals surface area contributed by atoms with Crippen molar-refractivity contribution in [2.75, 3.05) is 5.73 Å². The van der Waals surface area contributed by atoms with Gasteiger partial charge in [0, 0.05) is 15.8 Å². The molecule has 0 radical (unpaired) electrons. The summed E-state index contributed by atoms with van der Waals surface area (Å²) in [5, 5.41) is 10.5. The highest BCUT2D eigenvalue weighted by Gasteiger charge is 2.08. The first-order valence-electron chi connectivity index (χ1n) is 9.66. The minimum Gasteiger partial charge on any atom is -0.491 e. The second kappa shape index (κ2) is 8.55. The molecule has 0 aliphatic rings. The highest BCUT2D eigenvalue weighted by molar-refractivity contribution is 7.80. The topological polar surface area (TPSA) is 72.9 Å². The quantitative estimate of drug-likeness (QED) is 0.210. The summed E-state index contributed by atoms with van der Waals surface area (Å²) in [6, 6.07) is 21.3. The van der Waals surface area contributed by atoms with Crippen molar-refractivity contribution in [3.05, 3.63) is 72.9 Å². The number of thiol groups is 1. The van der Waals surface area contributed by atoms with Crippen molar-refractivity contribution < 1.29 is 4.74 Å². The van der Waals surface area contributed by atoms with Crippen molar-refractivity contribution in [2.45, 2.75) is 24.8 Å². The van der Waals surface area contributed by atoms with E-state index in [1.165, 1.54) is 0 Å². The molecule has 0 aliphatic heterocycles. The van der Waals surface area contributed by atoms with Crippen molar-refractivity contribution in [2.24, 2.45) is 10.2 Å². The smallest absolute Gasteiger partial charge is 0.119 e. The number of azo groups is 1. The van der Waals surface area contributed by atoms with Gasteiger partial charge < -0.3 is 10.5 Å². The third kappa shape index (κ3) is 4.28. The molecule has 1 aromatic heterocycles. The van der Waals surface area contributed by atoms with E-state index in [9.17, 15) is 0 Å². The van der Waals surface area contributed by atoms with Gasteiger partial charge in [0.25, 0.3) is 0 Å². The number of fused-ring (bicyclic) bond motifs is 1. The number of hydrogen-bond acceptors (Lipinski definition) is 6. The third-order valence-electron chi connectivity index (χ3n) is 4.59. The van der Waals surface area contributed by atoms with E-state index in [-0.39, 0.29) is 6.10 Å². The van der Waals surface area contributed by atoms with E-state index in [2.05, 4.69) is 27.8 Å². The summed E-state index contributed by atoms with van der Waals surface area (Å²) in [4.78, 5) is 5.31. The van der Waals surface area contributed by atoms with E-state index in [1.807, 2.05) is 80.6 Å². The molecule has 0 bridgehead atoms. The Hall–Kier alpha value is -3.38. The average molecular weight is 415 g/mol. The minimum atomic E-state index is 0.147. The van der Waals surface area contributed by atoms with Crippen LogP contribution in [-0.2, 0) is 0 Å². The molecule has 0 amide bonds. The van der Waals surface area contributed by atoms with Gasteiger partial charge in [0.15, 0.2) is 0 Å². The predicted molar refractivity (Wildman–Crippen MR) is 125 cm³/mol. The van der Waals surface area contributed by atoms with E-state index < -0.39 is 0 Å². The molecule has 6 heteroatoms. The molecule has 0 saturated carbocycles. The molecule has 0 atom stereocenters. The lowest BCUT2D eigenvalue weighted by Gasteiger charge is -2.10. The monoisotopic (exact) mass is 414 g/mol. The standard InChI is InChI=1S/C24H22N4OS/c1-15(2)29-18-10-7-16(8-11-18)21-12-9-17(14-26-21)27-28-22-13-23(30)19-5-3-4-6-20(19)24(22)25/h3-15,30H,25H2,1-2H3/b28-27+. The highest BCUT2D eigenvalue weighted by Crippen LogP contribution is 2.36. The number of nitrogens with two attached hydrogens (primary N) is 1. The number of hydrogen-bond donors (Lipinski definition) is 2. The maximum absolute atomic E-state index is 6.28. The van der Waals surface area contributed by atoms with Crippen LogP contribution in [0.15, 0.2) is 88.1 Å². The van der Waals surface area contributed by atoms with Gasteiger partial charge in [0.2, 0.25) is 0 Å². The van der Waals surface area contributed by atoms with Crippen LogP contribution in [0, 0.1) is 0 Å². The normalized spacial score (nSPS) is 11.5. The molecule has 1 heterocycles. The van der Waals surface area contributed by atoms with E-state index in [4.69, 9.17) is 10.5 Å². The van der Waals surface area contributed by atoms with Crippen LogP contribution in [0.4, 0.5) is 17.1 Å². The largest absolute Gasteiger partial charge is 0.491 e. The second-order valence-electron chi connectivity index (χ2n) is 7.17. The molecule has 150 valence electrons. The highest BCUT2D eigenvalue weighted by atomic mass is 32.1. The van der Waals surface area contributed by atoms with Crippen LogP contribution >= 0.6 is 12.6 Å². The molecule has 0 unspecified atom stereocenters. The average Bonchev–Trinajstić information content (AvgIpc) is 2.76. The van der Waals surface area contributed by atoms with Crippen LogP contribution in [0.2, 0.25) is 0 Å². The predicted octanol–water partition coefficient (Wildman–Crippen LogP) is 6.98. The number of nitrogen functional groups attached to an aromatic ring is 1. The van der Waals surface area contributed by atoms with Gasteiger partial charge >= 0.3 is 0 Å². The van der Waals surface area contributed by atoms with Gasteiger partial charge in [-0.3, -0.25) is 4.98 Å². The van der Waals surface area contributed by atoms with E-state index in [0.717, 1.165) is 32.7 Å². The zero-order valence-electron chi connectivity index (χ0n) is 16.8. The Morgan fingerprint density at radius 2 is 1.67 bits per heavy atom. The van der Waals surface area contributed by atoms with E-state index in [0.29, 0.717) is 17.1 Å².